The quantitative estimate of drug-likeness (QED) is 0.742. The Bertz CT molecular complexity index is 979. The first kappa shape index (κ1) is 20.9. The normalized spacial score (nSPS) is 14.2. The molecule has 0 bridgehead atoms. The third-order valence-corrected chi connectivity index (χ3v) is 6.29. The maximum atomic E-state index is 13.1. The molecule has 9 heteroatoms. The van der Waals surface area contributed by atoms with Crippen LogP contribution < -0.4 is 19.1 Å². The van der Waals surface area contributed by atoms with Gasteiger partial charge in [0.15, 0.2) is 11.5 Å². The molecule has 0 spiro atoms. The van der Waals surface area contributed by atoms with Crippen molar-refractivity contribution in [3.05, 3.63) is 53.8 Å². The van der Waals surface area contributed by atoms with Crippen LogP contribution >= 0.6 is 0 Å². The van der Waals surface area contributed by atoms with Crippen molar-refractivity contribution < 1.29 is 27.1 Å². The summed E-state index contributed by atoms with van der Waals surface area (Å²) in [6, 6.07) is 10.1. The van der Waals surface area contributed by atoms with Crippen LogP contribution in [-0.4, -0.2) is 39.8 Å². The van der Waals surface area contributed by atoms with E-state index in [4.69, 9.17) is 9.47 Å². The molecule has 1 atom stereocenters. The van der Waals surface area contributed by atoms with Gasteiger partial charge in [0, 0.05) is 6.07 Å². The number of fused-ring (bicyclic) bond motifs is 1. The van der Waals surface area contributed by atoms with Crippen LogP contribution in [0.5, 0.6) is 11.5 Å². The van der Waals surface area contributed by atoms with Gasteiger partial charge in [0.2, 0.25) is 15.9 Å². The molecule has 7 nitrogen and oxygen atoms in total. The van der Waals surface area contributed by atoms with Gasteiger partial charge < -0.3 is 14.8 Å². The maximum Gasteiger partial charge on any atom is 0.241 e. The highest BCUT2D eigenvalue weighted by Crippen LogP contribution is 2.34. The Hall–Kier alpha value is -2.81. The molecule has 2 aromatic rings. The Balaban J connectivity index is 1.79. The monoisotopic (exact) mass is 422 g/mol. The topological polar surface area (TPSA) is 84.9 Å². The number of rotatable bonds is 7. The molecule has 2 aromatic carbocycles. The Labute approximate surface area is 169 Å². The van der Waals surface area contributed by atoms with Crippen LogP contribution in [0, 0.1) is 5.82 Å². The first-order chi connectivity index (χ1) is 13.8. The number of anilines is 1. The molecule has 0 radical (unpaired) electrons. The van der Waals surface area contributed by atoms with Crippen LogP contribution in [0.3, 0.4) is 0 Å². The smallest absolute Gasteiger partial charge is 0.241 e. The van der Waals surface area contributed by atoms with Crippen molar-refractivity contribution in [1.29, 1.82) is 0 Å². The number of amides is 1. The van der Waals surface area contributed by atoms with Crippen LogP contribution in [0.1, 0.15) is 25.5 Å². The number of sulfonamides is 1. The minimum absolute atomic E-state index is 0.164. The lowest BCUT2D eigenvalue weighted by Gasteiger charge is -2.26. The van der Waals surface area contributed by atoms with E-state index in [-0.39, 0.29) is 18.1 Å². The van der Waals surface area contributed by atoms with E-state index in [9.17, 15) is 17.6 Å². The fourth-order valence-corrected chi connectivity index (χ4v) is 4.01. The zero-order chi connectivity index (χ0) is 21.0. The van der Waals surface area contributed by atoms with Gasteiger partial charge in [-0.05, 0) is 43.7 Å². The van der Waals surface area contributed by atoms with E-state index in [1.807, 2.05) is 0 Å². The summed E-state index contributed by atoms with van der Waals surface area (Å²) in [6.45, 7) is 3.66. The van der Waals surface area contributed by atoms with E-state index >= 15 is 0 Å². The summed E-state index contributed by atoms with van der Waals surface area (Å²) in [5.41, 5.74) is 1.03. The number of halogens is 1. The number of ether oxygens (including phenoxy) is 2. The fourth-order valence-electron chi connectivity index (χ4n) is 2.95. The first-order valence-electron chi connectivity index (χ1n) is 9.25. The molecule has 3 rings (SSSR count). The van der Waals surface area contributed by atoms with E-state index < -0.39 is 22.0 Å². The molecule has 1 heterocycles. The molecule has 0 fully saturated rings. The molecule has 1 aliphatic rings. The minimum atomic E-state index is -3.71. The molecule has 1 amide bonds. The highest BCUT2D eigenvalue weighted by atomic mass is 32.2. The van der Waals surface area contributed by atoms with Gasteiger partial charge in [0.1, 0.15) is 25.6 Å². The second-order valence-corrected chi connectivity index (χ2v) is 8.76. The molecule has 0 aliphatic carbocycles. The lowest BCUT2D eigenvalue weighted by atomic mass is 10.1. The molecule has 29 heavy (non-hydrogen) atoms. The molecular formula is C20H23FN2O5S. The lowest BCUT2D eigenvalue weighted by Crippen LogP contribution is -2.42. The van der Waals surface area contributed by atoms with E-state index in [0.29, 0.717) is 36.0 Å². The number of carbonyl (C=O) groups is 1. The average Bonchev–Trinajstić information content (AvgIpc) is 2.72. The van der Waals surface area contributed by atoms with Gasteiger partial charge in [0.05, 0.1) is 17.5 Å². The summed E-state index contributed by atoms with van der Waals surface area (Å²) in [5, 5.41) is 2.75. The summed E-state index contributed by atoms with van der Waals surface area (Å²) in [5.74, 6) is -0.0457. The molecule has 0 saturated heterocycles. The summed E-state index contributed by atoms with van der Waals surface area (Å²) >= 11 is 0. The van der Waals surface area contributed by atoms with Gasteiger partial charge >= 0.3 is 0 Å². The lowest BCUT2D eigenvalue weighted by molar-refractivity contribution is -0.120. The Morgan fingerprint density at radius 3 is 2.45 bits per heavy atom. The number of nitrogens with zero attached hydrogens (tertiary/aromatic N) is 1. The molecule has 1 N–H and O–H groups in total. The summed E-state index contributed by atoms with van der Waals surface area (Å²) in [6.07, 6.45) is 0. The van der Waals surface area contributed by atoms with E-state index in [2.05, 4.69) is 5.32 Å². The van der Waals surface area contributed by atoms with Crippen molar-refractivity contribution >= 4 is 21.6 Å². The number of benzene rings is 2. The van der Waals surface area contributed by atoms with Crippen molar-refractivity contribution in [3.8, 4) is 11.5 Å². The second kappa shape index (κ2) is 8.69. The summed E-state index contributed by atoms with van der Waals surface area (Å²) < 4.78 is 50.4. The molecule has 1 aliphatic heterocycles. The molecule has 0 aromatic heterocycles. The van der Waals surface area contributed by atoms with Gasteiger partial charge in [-0.1, -0.05) is 12.1 Å². The van der Waals surface area contributed by atoms with Crippen molar-refractivity contribution in [2.45, 2.75) is 19.9 Å². The zero-order valence-corrected chi connectivity index (χ0v) is 17.0. The number of carbonyl (C=O) groups excluding carboxylic acids is 1. The van der Waals surface area contributed by atoms with Gasteiger partial charge in [-0.15, -0.1) is 0 Å². The average molecular weight is 422 g/mol. The number of nitrogens with one attached hydrogen (secondary N) is 1. The number of hydrogen-bond donors (Lipinski definition) is 1. The predicted molar refractivity (Wildman–Crippen MR) is 107 cm³/mol. The van der Waals surface area contributed by atoms with Crippen molar-refractivity contribution in [1.82, 2.24) is 5.32 Å². The van der Waals surface area contributed by atoms with Crippen molar-refractivity contribution in [2.75, 3.05) is 29.8 Å². The molecule has 0 saturated carbocycles. The maximum absolute atomic E-state index is 13.1. The third kappa shape index (κ3) is 4.97. The Morgan fingerprint density at radius 1 is 1.14 bits per heavy atom. The fraction of sp³-hybridized carbons (Fsp3) is 0.350. The first-order valence-corrected chi connectivity index (χ1v) is 10.9. The van der Waals surface area contributed by atoms with E-state index in [0.717, 1.165) is 4.31 Å². The highest BCUT2D eigenvalue weighted by Gasteiger charge is 2.26. The summed E-state index contributed by atoms with van der Waals surface area (Å²) in [4.78, 5) is 12.6. The number of hydrogen-bond acceptors (Lipinski definition) is 5. The molecule has 1 unspecified atom stereocenters. The van der Waals surface area contributed by atoms with Crippen LogP contribution in [-0.2, 0) is 14.8 Å². The second-order valence-electron chi connectivity index (χ2n) is 6.58. The molecular weight excluding hydrogens is 399 g/mol. The van der Waals surface area contributed by atoms with Crippen LogP contribution in [0.2, 0.25) is 0 Å². The van der Waals surface area contributed by atoms with E-state index in [1.165, 1.54) is 19.1 Å². The van der Waals surface area contributed by atoms with Crippen LogP contribution in [0.4, 0.5) is 10.1 Å². The SMILES string of the molecule is CCS(=O)(=O)N(CC(=O)NC(C)c1ccc(F)cc1)c1ccc2c(c1)OCCO2. The van der Waals surface area contributed by atoms with Gasteiger partial charge in [-0.3, -0.25) is 9.10 Å². The van der Waals surface area contributed by atoms with Crippen LogP contribution in [0.25, 0.3) is 0 Å². The minimum Gasteiger partial charge on any atom is -0.486 e. The predicted octanol–water partition coefficient (Wildman–Crippen LogP) is 2.63. The largest absolute Gasteiger partial charge is 0.486 e. The van der Waals surface area contributed by atoms with Gasteiger partial charge in [-0.2, -0.15) is 0 Å². The third-order valence-electron chi connectivity index (χ3n) is 4.55. The highest BCUT2D eigenvalue weighted by molar-refractivity contribution is 7.92. The zero-order valence-electron chi connectivity index (χ0n) is 16.2. The van der Waals surface area contributed by atoms with Crippen LogP contribution in [0.15, 0.2) is 42.5 Å². The Kier molecular flexibility index (Phi) is 6.26. The van der Waals surface area contributed by atoms with Crippen molar-refractivity contribution in [3.63, 3.8) is 0 Å². The Morgan fingerprint density at radius 2 is 1.79 bits per heavy atom. The summed E-state index contributed by atoms with van der Waals surface area (Å²) in [7, 11) is -3.71. The van der Waals surface area contributed by atoms with Crippen molar-refractivity contribution in [2.24, 2.45) is 0 Å². The van der Waals surface area contributed by atoms with Gasteiger partial charge in [-0.25, -0.2) is 12.8 Å². The van der Waals surface area contributed by atoms with E-state index in [1.54, 1.807) is 37.3 Å². The van der Waals surface area contributed by atoms with Gasteiger partial charge in [0.25, 0.3) is 0 Å². The standard InChI is InChI=1S/C20H23FN2O5S/c1-3-29(25,26)23(17-8-9-18-19(12-17)28-11-10-27-18)13-20(24)22-14(2)15-4-6-16(21)7-5-15/h4-9,12,14H,3,10-11,13H2,1-2H3,(H,22,24). The molecule has 156 valence electrons.